The lowest BCUT2D eigenvalue weighted by atomic mass is 10.3. The van der Waals surface area contributed by atoms with Crippen LogP contribution in [0.5, 0.6) is 0 Å². The Kier molecular flexibility index (Phi) is 10.2. The lowest BCUT2D eigenvalue weighted by Gasteiger charge is -2.08. The quantitative estimate of drug-likeness (QED) is 0.239. The van der Waals surface area contributed by atoms with Gasteiger partial charge in [0.2, 0.25) is 10.0 Å². The number of nitrogens with two attached hydrogens (primary N) is 1. The molecule has 9 heteroatoms. The fourth-order valence-electron chi connectivity index (χ4n) is 1.74. The molecule has 22 heavy (non-hydrogen) atoms. The fourth-order valence-corrected chi connectivity index (χ4v) is 4.33. The minimum absolute atomic E-state index is 0. The van der Waals surface area contributed by atoms with Gasteiger partial charge >= 0.3 is 0 Å². The first kappa shape index (κ1) is 21.6. The number of unbranched alkanes of at least 4 members (excludes halogenated alkanes) is 1. The highest BCUT2D eigenvalue weighted by Gasteiger charge is 2.18. The van der Waals surface area contributed by atoms with Crippen LogP contribution in [-0.4, -0.2) is 34.0 Å². The van der Waals surface area contributed by atoms with E-state index in [2.05, 4.69) is 22.0 Å². The van der Waals surface area contributed by atoms with Gasteiger partial charge in [0.05, 0.1) is 4.90 Å². The maximum Gasteiger partial charge on any atom is 0.241 e. The van der Waals surface area contributed by atoms with Crippen LogP contribution >= 0.6 is 35.3 Å². The molecule has 0 fully saturated rings. The van der Waals surface area contributed by atoms with Crippen molar-refractivity contribution in [2.24, 2.45) is 10.7 Å². The second-order valence-electron chi connectivity index (χ2n) is 4.72. The van der Waals surface area contributed by atoms with Crippen LogP contribution in [0, 0.1) is 13.8 Å². The van der Waals surface area contributed by atoms with Gasteiger partial charge in [-0.25, -0.2) is 13.1 Å². The summed E-state index contributed by atoms with van der Waals surface area (Å²) in [5.74, 6) is 0.352. The van der Waals surface area contributed by atoms with Crippen molar-refractivity contribution in [1.82, 2.24) is 10.0 Å². The number of guanidine groups is 1. The van der Waals surface area contributed by atoms with Crippen molar-refractivity contribution in [1.29, 1.82) is 0 Å². The topological polar surface area (TPSA) is 96.6 Å². The third-order valence-electron chi connectivity index (χ3n) is 2.80. The van der Waals surface area contributed by atoms with Crippen LogP contribution in [0.15, 0.2) is 16.0 Å². The van der Waals surface area contributed by atoms with Crippen LogP contribution in [0.25, 0.3) is 0 Å². The molecule has 6 nitrogen and oxygen atoms in total. The molecule has 0 saturated heterocycles. The minimum Gasteiger partial charge on any atom is -0.370 e. The first-order valence-corrected chi connectivity index (χ1v) is 9.27. The molecule has 0 radical (unpaired) electrons. The van der Waals surface area contributed by atoms with Crippen molar-refractivity contribution in [3.8, 4) is 0 Å². The summed E-state index contributed by atoms with van der Waals surface area (Å²) < 4.78 is 26.8. The highest BCUT2D eigenvalue weighted by molar-refractivity contribution is 14.0. The number of thiophene rings is 1. The first-order valence-electron chi connectivity index (χ1n) is 6.97. The van der Waals surface area contributed by atoms with Crippen molar-refractivity contribution in [2.45, 2.75) is 38.5 Å². The van der Waals surface area contributed by atoms with Gasteiger partial charge in [0, 0.05) is 29.4 Å². The maximum atomic E-state index is 12.1. The summed E-state index contributed by atoms with van der Waals surface area (Å²) in [4.78, 5) is 6.27. The number of halogens is 1. The molecule has 0 amide bonds. The van der Waals surface area contributed by atoms with Crippen molar-refractivity contribution in [2.75, 3.05) is 19.6 Å². The van der Waals surface area contributed by atoms with E-state index in [1.807, 2.05) is 13.8 Å². The molecule has 1 aromatic heterocycles. The van der Waals surface area contributed by atoms with E-state index >= 15 is 0 Å². The number of nitrogens with one attached hydrogen (secondary N) is 2. The van der Waals surface area contributed by atoms with E-state index in [1.165, 1.54) is 11.3 Å². The third kappa shape index (κ3) is 7.25. The summed E-state index contributed by atoms with van der Waals surface area (Å²) in [6, 6.07) is 1.69. The number of hydrogen-bond acceptors (Lipinski definition) is 4. The number of nitrogens with zero attached hydrogens (tertiary/aromatic N) is 1. The fraction of sp³-hybridized carbons (Fsp3) is 0.615. The summed E-state index contributed by atoms with van der Waals surface area (Å²) in [7, 11) is -3.45. The van der Waals surface area contributed by atoms with Gasteiger partial charge in [-0.3, -0.25) is 4.99 Å². The van der Waals surface area contributed by atoms with Gasteiger partial charge in [-0.15, -0.1) is 35.3 Å². The maximum absolute atomic E-state index is 12.1. The van der Waals surface area contributed by atoms with E-state index in [0.717, 1.165) is 22.6 Å². The highest BCUT2D eigenvalue weighted by Crippen LogP contribution is 2.24. The average Bonchev–Trinajstić information content (AvgIpc) is 2.75. The minimum atomic E-state index is -3.45. The van der Waals surface area contributed by atoms with E-state index in [0.29, 0.717) is 23.9 Å². The van der Waals surface area contributed by atoms with Gasteiger partial charge in [-0.05, 0) is 26.3 Å². The number of rotatable bonds is 8. The zero-order valence-corrected chi connectivity index (χ0v) is 17.1. The number of sulfonamides is 1. The second kappa shape index (κ2) is 10.4. The van der Waals surface area contributed by atoms with Crippen LogP contribution < -0.4 is 15.8 Å². The molecule has 0 aromatic carbocycles. The van der Waals surface area contributed by atoms with Crippen LogP contribution in [0.3, 0.4) is 0 Å². The lowest BCUT2D eigenvalue weighted by Crippen LogP contribution is -2.38. The number of aryl methyl sites for hydroxylation is 2. The van der Waals surface area contributed by atoms with Gasteiger partial charge in [-0.2, -0.15) is 0 Å². The van der Waals surface area contributed by atoms with Gasteiger partial charge < -0.3 is 11.1 Å². The van der Waals surface area contributed by atoms with E-state index in [-0.39, 0.29) is 30.5 Å². The molecular formula is C13H25IN4O2S2. The Morgan fingerprint density at radius 1 is 1.36 bits per heavy atom. The first-order chi connectivity index (χ1) is 9.86. The number of aliphatic imine (C=N–C) groups is 1. The molecule has 0 aliphatic rings. The van der Waals surface area contributed by atoms with Gasteiger partial charge in [0.15, 0.2) is 5.96 Å². The molecule has 0 aliphatic carbocycles. The smallest absolute Gasteiger partial charge is 0.241 e. The van der Waals surface area contributed by atoms with Crippen molar-refractivity contribution < 1.29 is 8.42 Å². The SMILES string of the molecule is CCCCN=C(N)NCCNS(=O)(=O)c1cc(C)sc1C.I. The predicted octanol–water partition coefficient (Wildman–Crippen LogP) is 1.97. The molecule has 128 valence electrons. The zero-order chi connectivity index (χ0) is 15.9. The molecule has 0 atom stereocenters. The van der Waals surface area contributed by atoms with Crippen LogP contribution in [0.1, 0.15) is 29.5 Å². The van der Waals surface area contributed by atoms with Gasteiger partial charge in [0.25, 0.3) is 0 Å². The monoisotopic (exact) mass is 460 g/mol. The largest absolute Gasteiger partial charge is 0.370 e. The summed E-state index contributed by atoms with van der Waals surface area (Å²) in [6.07, 6.45) is 2.06. The number of hydrogen-bond donors (Lipinski definition) is 3. The summed E-state index contributed by atoms with van der Waals surface area (Å²) in [6.45, 7) is 7.15. The predicted molar refractivity (Wildman–Crippen MR) is 104 cm³/mol. The molecule has 0 unspecified atom stereocenters. The summed E-state index contributed by atoms with van der Waals surface area (Å²) in [5.41, 5.74) is 5.67. The Bertz CT molecular complexity index is 585. The van der Waals surface area contributed by atoms with Crippen LogP contribution in [0.2, 0.25) is 0 Å². The van der Waals surface area contributed by atoms with Crippen molar-refractivity contribution in [3.63, 3.8) is 0 Å². The molecule has 0 spiro atoms. The Morgan fingerprint density at radius 3 is 2.59 bits per heavy atom. The summed E-state index contributed by atoms with van der Waals surface area (Å²) >= 11 is 1.48. The standard InChI is InChI=1S/C13H24N4O2S2.HI/c1-4-5-6-15-13(14)16-7-8-17-21(18,19)12-9-10(2)20-11(12)3;/h9,17H,4-8H2,1-3H3,(H3,14,15,16);1H. The van der Waals surface area contributed by atoms with Crippen molar-refractivity contribution in [3.05, 3.63) is 15.8 Å². The Hall–Kier alpha value is -0.390. The van der Waals surface area contributed by atoms with Gasteiger partial charge in [0.1, 0.15) is 0 Å². The molecule has 0 bridgehead atoms. The summed E-state index contributed by atoms with van der Waals surface area (Å²) in [5, 5.41) is 2.89. The Morgan fingerprint density at radius 2 is 2.05 bits per heavy atom. The van der Waals surface area contributed by atoms with Gasteiger partial charge in [-0.1, -0.05) is 13.3 Å². The molecule has 4 N–H and O–H groups in total. The normalized spacial score (nSPS) is 12.0. The van der Waals surface area contributed by atoms with E-state index in [4.69, 9.17) is 5.73 Å². The second-order valence-corrected chi connectivity index (χ2v) is 7.92. The lowest BCUT2D eigenvalue weighted by molar-refractivity contribution is 0.580. The molecular weight excluding hydrogens is 435 g/mol. The molecule has 1 aromatic rings. The molecule has 0 aliphatic heterocycles. The molecule has 0 saturated carbocycles. The zero-order valence-electron chi connectivity index (χ0n) is 13.2. The van der Waals surface area contributed by atoms with E-state index in [9.17, 15) is 8.42 Å². The molecule has 1 heterocycles. The third-order valence-corrected chi connectivity index (χ3v) is 5.48. The highest BCUT2D eigenvalue weighted by atomic mass is 127. The average molecular weight is 460 g/mol. The van der Waals surface area contributed by atoms with Crippen LogP contribution in [0.4, 0.5) is 0 Å². The Balaban J connectivity index is 0.00000441. The Labute approximate surface area is 154 Å². The van der Waals surface area contributed by atoms with E-state index in [1.54, 1.807) is 6.07 Å². The molecule has 1 rings (SSSR count). The van der Waals surface area contributed by atoms with Crippen LogP contribution in [-0.2, 0) is 10.0 Å². The van der Waals surface area contributed by atoms with Crippen molar-refractivity contribution >= 4 is 51.3 Å². The van der Waals surface area contributed by atoms with E-state index < -0.39 is 10.0 Å².